The molecule has 0 N–H and O–H groups in total. The lowest BCUT2D eigenvalue weighted by Crippen LogP contribution is -2.46. The molecule has 1 heterocycles. The van der Waals surface area contributed by atoms with Crippen LogP contribution in [0.1, 0.15) is 13.8 Å². The Balaban J connectivity index is 3.19. The normalized spacial score (nSPS) is 13.4. The minimum absolute atomic E-state index is 0.198. The largest absolute Gasteiger partial charge is 0.260 e. The topological polar surface area (TPSA) is 55.2 Å². The summed E-state index contributed by atoms with van der Waals surface area (Å²) in [6, 6.07) is 1.50. The van der Waals surface area contributed by atoms with Crippen molar-refractivity contribution in [3.63, 3.8) is 0 Å². The molecule has 1 aromatic rings. The Hall–Kier alpha value is -0.400. The number of nitrogens with zero attached hydrogens (tertiary/aromatic N) is 3. The first-order chi connectivity index (χ1) is 7.23. The molecule has 0 aromatic carbocycles. The second-order valence-electron chi connectivity index (χ2n) is 4.21. The lowest BCUT2D eigenvalue weighted by molar-refractivity contribution is 0.297. The number of sulfonamides is 1. The van der Waals surface area contributed by atoms with Crippen LogP contribution in [0.2, 0.25) is 0 Å². The van der Waals surface area contributed by atoms with Gasteiger partial charge < -0.3 is 0 Å². The maximum atomic E-state index is 12.3. The van der Waals surface area contributed by atoms with E-state index in [1.807, 2.05) is 13.8 Å². The molecule has 0 aliphatic carbocycles. The van der Waals surface area contributed by atoms with Gasteiger partial charge in [-0.25, -0.2) is 8.42 Å². The quantitative estimate of drug-likeness (QED) is 0.786. The van der Waals surface area contributed by atoms with Gasteiger partial charge >= 0.3 is 0 Å². The smallest absolute Gasteiger partial charge is 0.256 e. The summed E-state index contributed by atoms with van der Waals surface area (Å²) in [4.78, 5) is 0. The minimum atomic E-state index is -3.49. The number of halogens is 1. The van der Waals surface area contributed by atoms with Gasteiger partial charge in [-0.05, 0) is 19.9 Å². The molecular formula is C9H16BrN3O2S. The van der Waals surface area contributed by atoms with Crippen LogP contribution < -0.4 is 0 Å². The molecule has 0 radical (unpaired) electrons. The number of hydrogen-bond acceptors (Lipinski definition) is 3. The molecule has 0 atom stereocenters. The van der Waals surface area contributed by atoms with Crippen molar-refractivity contribution < 1.29 is 8.42 Å². The fraction of sp³-hybridized carbons (Fsp3) is 0.667. The number of alkyl halides is 1. The Labute approximate surface area is 105 Å². The van der Waals surface area contributed by atoms with E-state index >= 15 is 0 Å². The van der Waals surface area contributed by atoms with Gasteiger partial charge in [-0.2, -0.15) is 9.40 Å². The highest BCUT2D eigenvalue weighted by Gasteiger charge is 2.34. The molecule has 5 nitrogen and oxygen atoms in total. The van der Waals surface area contributed by atoms with Crippen LogP contribution in [0.5, 0.6) is 0 Å². The first kappa shape index (κ1) is 13.7. The van der Waals surface area contributed by atoms with Crippen LogP contribution in [-0.2, 0) is 17.1 Å². The molecule has 0 aliphatic heterocycles. The van der Waals surface area contributed by atoms with Crippen LogP contribution >= 0.6 is 15.9 Å². The summed E-state index contributed by atoms with van der Waals surface area (Å²) >= 11 is 3.32. The number of rotatable bonds is 4. The first-order valence-corrected chi connectivity index (χ1v) is 7.32. The van der Waals surface area contributed by atoms with Crippen molar-refractivity contribution in [3.8, 4) is 0 Å². The zero-order valence-corrected chi connectivity index (χ0v) is 12.2. The van der Waals surface area contributed by atoms with Crippen molar-refractivity contribution in [1.29, 1.82) is 0 Å². The Morgan fingerprint density at radius 3 is 2.50 bits per heavy atom. The van der Waals surface area contributed by atoms with Crippen LogP contribution in [-0.4, -0.2) is 40.4 Å². The van der Waals surface area contributed by atoms with Crippen molar-refractivity contribution in [2.75, 3.05) is 12.4 Å². The predicted molar refractivity (Wildman–Crippen MR) is 66.0 cm³/mol. The van der Waals surface area contributed by atoms with Crippen LogP contribution in [0, 0.1) is 0 Å². The molecule has 0 unspecified atom stereocenters. The van der Waals surface area contributed by atoms with Gasteiger partial charge in [0.15, 0.2) is 5.03 Å². The first-order valence-electron chi connectivity index (χ1n) is 4.76. The molecule has 92 valence electrons. The molecule has 1 aromatic heterocycles. The fourth-order valence-electron chi connectivity index (χ4n) is 1.16. The molecule has 7 heteroatoms. The summed E-state index contributed by atoms with van der Waals surface area (Å²) in [5.41, 5.74) is -0.483. The fourth-order valence-corrected chi connectivity index (χ4v) is 3.32. The predicted octanol–water partition coefficient (Wildman–Crippen LogP) is 1.21. The third-order valence-corrected chi connectivity index (χ3v) is 6.10. The minimum Gasteiger partial charge on any atom is -0.256 e. The molecule has 16 heavy (non-hydrogen) atoms. The second-order valence-corrected chi connectivity index (χ2v) is 6.69. The van der Waals surface area contributed by atoms with E-state index < -0.39 is 15.6 Å². The van der Waals surface area contributed by atoms with Gasteiger partial charge in [-0.15, -0.1) is 0 Å². The second kappa shape index (κ2) is 4.46. The Morgan fingerprint density at radius 1 is 1.56 bits per heavy atom. The van der Waals surface area contributed by atoms with Crippen LogP contribution in [0.4, 0.5) is 0 Å². The highest BCUT2D eigenvalue weighted by molar-refractivity contribution is 9.09. The summed E-state index contributed by atoms with van der Waals surface area (Å²) < 4.78 is 27.2. The van der Waals surface area contributed by atoms with E-state index in [-0.39, 0.29) is 5.03 Å². The molecule has 0 aliphatic rings. The molecule has 0 saturated carbocycles. The molecule has 0 amide bonds. The maximum Gasteiger partial charge on any atom is 0.260 e. The standard InChI is InChI=1S/C9H16BrN3O2S/c1-9(2,7-10)13(4)16(14,15)8-5-6-11-12(8)3/h5-6H,7H2,1-4H3. The van der Waals surface area contributed by atoms with Crippen molar-refractivity contribution in [3.05, 3.63) is 12.3 Å². The SMILES string of the molecule is CN(C(C)(C)CBr)S(=O)(=O)c1ccnn1C. The van der Waals surface area contributed by atoms with Gasteiger partial charge in [0.25, 0.3) is 10.0 Å². The summed E-state index contributed by atoms with van der Waals surface area (Å²) in [6.45, 7) is 3.71. The van der Waals surface area contributed by atoms with Gasteiger partial charge in [0.1, 0.15) is 0 Å². The van der Waals surface area contributed by atoms with E-state index in [0.717, 1.165) is 0 Å². The average Bonchev–Trinajstić information content (AvgIpc) is 2.63. The molecular weight excluding hydrogens is 294 g/mol. The summed E-state index contributed by atoms with van der Waals surface area (Å²) in [6.07, 6.45) is 1.47. The molecule has 0 saturated heterocycles. The number of hydrogen-bond donors (Lipinski definition) is 0. The van der Waals surface area contributed by atoms with E-state index in [4.69, 9.17) is 0 Å². The van der Waals surface area contributed by atoms with Crippen LogP contribution in [0.15, 0.2) is 17.3 Å². The van der Waals surface area contributed by atoms with E-state index in [0.29, 0.717) is 5.33 Å². The third kappa shape index (κ3) is 2.31. The van der Waals surface area contributed by atoms with Crippen LogP contribution in [0.25, 0.3) is 0 Å². The van der Waals surface area contributed by atoms with Crippen molar-refractivity contribution in [2.24, 2.45) is 7.05 Å². The Morgan fingerprint density at radius 2 is 2.12 bits per heavy atom. The van der Waals surface area contributed by atoms with Gasteiger partial charge in [-0.1, -0.05) is 15.9 Å². The molecule has 0 fully saturated rings. The van der Waals surface area contributed by atoms with Gasteiger partial charge in [0.2, 0.25) is 0 Å². The molecule has 0 bridgehead atoms. The van der Waals surface area contributed by atoms with Gasteiger partial charge in [-0.3, -0.25) is 4.68 Å². The summed E-state index contributed by atoms with van der Waals surface area (Å²) in [5, 5.41) is 4.63. The van der Waals surface area contributed by atoms with E-state index in [2.05, 4.69) is 21.0 Å². The maximum absolute atomic E-state index is 12.3. The monoisotopic (exact) mass is 309 g/mol. The van der Waals surface area contributed by atoms with Crippen molar-refractivity contribution in [1.82, 2.24) is 14.1 Å². The highest BCUT2D eigenvalue weighted by atomic mass is 79.9. The number of aryl methyl sites for hydroxylation is 1. The van der Waals surface area contributed by atoms with Gasteiger partial charge in [0, 0.05) is 25.0 Å². The lowest BCUT2D eigenvalue weighted by Gasteiger charge is -2.32. The van der Waals surface area contributed by atoms with Crippen molar-refractivity contribution in [2.45, 2.75) is 24.4 Å². The lowest BCUT2D eigenvalue weighted by atomic mass is 10.1. The summed E-state index contributed by atoms with van der Waals surface area (Å²) in [5.74, 6) is 0. The zero-order valence-electron chi connectivity index (χ0n) is 9.81. The third-order valence-electron chi connectivity index (χ3n) is 2.58. The van der Waals surface area contributed by atoms with Gasteiger partial charge in [0.05, 0.1) is 6.20 Å². The molecule has 1 rings (SSSR count). The van der Waals surface area contributed by atoms with Crippen molar-refractivity contribution >= 4 is 26.0 Å². The zero-order chi connectivity index (χ0) is 12.6. The average molecular weight is 310 g/mol. The number of aromatic nitrogens is 2. The Bertz CT molecular complexity index is 467. The van der Waals surface area contributed by atoms with E-state index in [1.165, 1.54) is 21.3 Å². The van der Waals surface area contributed by atoms with Crippen LogP contribution in [0.3, 0.4) is 0 Å². The summed E-state index contributed by atoms with van der Waals surface area (Å²) in [7, 11) is -0.306. The Kier molecular flexibility index (Phi) is 3.81. The highest BCUT2D eigenvalue weighted by Crippen LogP contribution is 2.23. The van der Waals surface area contributed by atoms with E-state index in [9.17, 15) is 8.42 Å². The van der Waals surface area contributed by atoms with E-state index in [1.54, 1.807) is 14.1 Å². The molecule has 0 spiro atoms.